The summed E-state index contributed by atoms with van der Waals surface area (Å²) in [5.74, 6) is -0.954. The Morgan fingerprint density at radius 3 is 2.54 bits per heavy atom. The van der Waals surface area contributed by atoms with Crippen molar-refractivity contribution in [2.45, 2.75) is 24.8 Å². The lowest BCUT2D eigenvalue weighted by atomic mass is 10.2. The summed E-state index contributed by atoms with van der Waals surface area (Å²) in [6.07, 6.45) is -0.930. The third kappa shape index (κ3) is 5.89. The van der Waals surface area contributed by atoms with Gasteiger partial charge >= 0.3 is 5.97 Å². The number of hydrogen-bond donors (Lipinski definition) is 1. The van der Waals surface area contributed by atoms with Gasteiger partial charge in [0.2, 0.25) is 0 Å². The number of ether oxygens (including phenoxy) is 1. The maximum Gasteiger partial charge on any atom is 0.317 e. The van der Waals surface area contributed by atoms with E-state index in [1.54, 1.807) is 18.2 Å². The van der Waals surface area contributed by atoms with E-state index in [1.165, 1.54) is 30.8 Å². The first kappa shape index (κ1) is 19.5. The number of carbonyl (C=O) groups is 2. The van der Waals surface area contributed by atoms with Crippen LogP contribution in [-0.2, 0) is 14.3 Å². The van der Waals surface area contributed by atoms with Gasteiger partial charge in [0.25, 0.3) is 11.6 Å². The predicted molar refractivity (Wildman–Crippen MR) is 99.2 cm³/mol. The molecule has 0 radical (unpaired) electrons. The zero-order valence-corrected chi connectivity index (χ0v) is 15.1. The van der Waals surface area contributed by atoms with Gasteiger partial charge in [0.15, 0.2) is 6.10 Å². The lowest BCUT2D eigenvalue weighted by Crippen LogP contribution is -2.30. The molecule has 0 bridgehead atoms. The summed E-state index contributed by atoms with van der Waals surface area (Å²) < 4.78 is 5.12. The van der Waals surface area contributed by atoms with E-state index in [4.69, 9.17) is 4.74 Å². The average molecular weight is 374 g/mol. The highest BCUT2D eigenvalue weighted by Gasteiger charge is 2.18. The smallest absolute Gasteiger partial charge is 0.317 e. The van der Waals surface area contributed by atoms with E-state index in [1.807, 2.05) is 25.1 Å². The maximum atomic E-state index is 12.1. The number of anilines is 1. The second kappa shape index (κ2) is 9.00. The number of nitrogens with one attached hydrogen (secondary N) is 1. The zero-order valence-electron chi connectivity index (χ0n) is 14.3. The fourth-order valence-corrected chi connectivity index (χ4v) is 2.74. The minimum atomic E-state index is -0.930. The van der Waals surface area contributed by atoms with Crippen LogP contribution in [0.2, 0.25) is 0 Å². The van der Waals surface area contributed by atoms with Crippen LogP contribution >= 0.6 is 11.8 Å². The minimum Gasteiger partial charge on any atom is -0.452 e. The van der Waals surface area contributed by atoms with Crippen LogP contribution in [0.15, 0.2) is 53.4 Å². The Labute approximate surface area is 154 Å². The molecule has 2 aromatic carbocycles. The number of non-ortho nitro benzene ring substituents is 1. The van der Waals surface area contributed by atoms with Gasteiger partial charge in [0, 0.05) is 22.7 Å². The largest absolute Gasteiger partial charge is 0.452 e. The Morgan fingerprint density at radius 2 is 1.92 bits per heavy atom. The zero-order chi connectivity index (χ0) is 19.1. The lowest BCUT2D eigenvalue weighted by Gasteiger charge is -2.13. The highest BCUT2D eigenvalue weighted by molar-refractivity contribution is 8.00. The number of nitrogens with zero attached hydrogens (tertiary/aromatic N) is 1. The van der Waals surface area contributed by atoms with Gasteiger partial charge in [-0.05, 0) is 43.7 Å². The standard InChI is InChI=1S/C18H18N2O5S/c1-12-4-3-5-14(10-12)19-18(22)13(2)25-17(21)11-26-16-8-6-15(7-9-16)20(23)24/h3-10,13H,11H2,1-2H3,(H,19,22)/t13-/m0/s1. The topological polar surface area (TPSA) is 98.5 Å². The molecule has 136 valence electrons. The summed E-state index contributed by atoms with van der Waals surface area (Å²) >= 11 is 1.18. The van der Waals surface area contributed by atoms with Crippen LogP contribution in [0, 0.1) is 17.0 Å². The van der Waals surface area contributed by atoms with E-state index in [0.717, 1.165) is 5.56 Å². The first-order chi connectivity index (χ1) is 12.3. The molecule has 2 rings (SSSR count). The van der Waals surface area contributed by atoms with E-state index in [-0.39, 0.29) is 11.4 Å². The van der Waals surface area contributed by atoms with Gasteiger partial charge in [-0.3, -0.25) is 19.7 Å². The van der Waals surface area contributed by atoms with Crippen LogP contribution in [-0.4, -0.2) is 28.7 Å². The minimum absolute atomic E-state index is 0.000123. The van der Waals surface area contributed by atoms with Gasteiger partial charge in [-0.2, -0.15) is 0 Å². The summed E-state index contributed by atoms with van der Waals surface area (Å²) in [5.41, 5.74) is 1.63. The molecule has 26 heavy (non-hydrogen) atoms. The lowest BCUT2D eigenvalue weighted by molar-refractivity contribution is -0.384. The van der Waals surface area contributed by atoms with Crippen LogP contribution in [0.5, 0.6) is 0 Å². The molecule has 7 nitrogen and oxygen atoms in total. The first-order valence-corrected chi connectivity index (χ1v) is 8.78. The quantitative estimate of drug-likeness (QED) is 0.344. The van der Waals surface area contributed by atoms with Crippen molar-refractivity contribution < 1.29 is 19.2 Å². The third-order valence-electron chi connectivity index (χ3n) is 3.37. The molecule has 0 saturated heterocycles. The molecule has 0 unspecified atom stereocenters. The Morgan fingerprint density at radius 1 is 1.23 bits per heavy atom. The molecule has 8 heteroatoms. The van der Waals surface area contributed by atoms with Crippen molar-refractivity contribution in [1.82, 2.24) is 0 Å². The predicted octanol–water partition coefficient (Wildman–Crippen LogP) is 3.57. The van der Waals surface area contributed by atoms with Gasteiger partial charge in [0.05, 0.1) is 10.7 Å². The number of amides is 1. The molecule has 0 aliphatic carbocycles. The normalized spacial score (nSPS) is 11.5. The second-order valence-corrected chi connectivity index (χ2v) is 6.58. The fourth-order valence-electron chi connectivity index (χ4n) is 2.06. The number of esters is 1. The summed E-state index contributed by atoms with van der Waals surface area (Å²) in [4.78, 5) is 34.8. The molecule has 1 amide bonds. The number of carbonyl (C=O) groups excluding carboxylic acids is 2. The molecule has 0 fully saturated rings. The van der Waals surface area contributed by atoms with Crippen LogP contribution in [0.25, 0.3) is 0 Å². The van der Waals surface area contributed by atoms with Crippen LogP contribution in [0.4, 0.5) is 11.4 Å². The Kier molecular flexibility index (Phi) is 6.74. The third-order valence-corrected chi connectivity index (χ3v) is 4.35. The van der Waals surface area contributed by atoms with Gasteiger partial charge < -0.3 is 10.1 Å². The van der Waals surface area contributed by atoms with Crippen molar-refractivity contribution in [3.63, 3.8) is 0 Å². The second-order valence-electron chi connectivity index (χ2n) is 5.53. The summed E-state index contributed by atoms with van der Waals surface area (Å²) in [6, 6.07) is 13.2. The van der Waals surface area contributed by atoms with Crippen molar-refractivity contribution in [1.29, 1.82) is 0 Å². The molecule has 1 atom stereocenters. The highest BCUT2D eigenvalue weighted by Crippen LogP contribution is 2.21. The van der Waals surface area contributed by atoms with E-state index in [9.17, 15) is 19.7 Å². The van der Waals surface area contributed by atoms with Crippen LogP contribution < -0.4 is 5.32 Å². The number of rotatable bonds is 7. The SMILES string of the molecule is Cc1cccc(NC(=O)[C@H](C)OC(=O)CSc2ccc([N+](=O)[O-])cc2)c1. The van der Waals surface area contributed by atoms with E-state index in [0.29, 0.717) is 10.6 Å². The molecule has 0 aromatic heterocycles. The van der Waals surface area contributed by atoms with Crippen LogP contribution in [0.1, 0.15) is 12.5 Å². The number of benzene rings is 2. The molecule has 0 aliphatic rings. The van der Waals surface area contributed by atoms with Crippen molar-refractivity contribution in [2.24, 2.45) is 0 Å². The fraction of sp³-hybridized carbons (Fsp3) is 0.222. The van der Waals surface area contributed by atoms with Crippen LogP contribution in [0.3, 0.4) is 0 Å². The Balaban J connectivity index is 1.80. The van der Waals surface area contributed by atoms with Gasteiger partial charge in [0.1, 0.15) is 0 Å². The summed E-state index contributed by atoms with van der Waals surface area (Å²) in [5, 5.41) is 13.3. The molecule has 0 aliphatic heterocycles. The molecular formula is C18H18N2O5S. The van der Waals surface area contributed by atoms with Crippen molar-refractivity contribution in [3.05, 3.63) is 64.2 Å². The number of hydrogen-bond acceptors (Lipinski definition) is 6. The molecule has 1 N–H and O–H groups in total. The number of aryl methyl sites for hydroxylation is 1. The van der Waals surface area contributed by atoms with E-state index in [2.05, 4.69) is 5.32 Å². The molecule has 2 aromatic rings. The van der Waals surface area contributed by atoms with Gasteiger partial charge in [-0.25, -0.2) is 0 Å². The first-order valence-electron chi connectivity index (χ1n) is 7.79. The van der Waals surface area contributed by atoms with Crippen molar-refractivity contribution in [3.8, 4) is 0 Å². The van der Waals surface area contributed by atoms with Gasteiger partial charge in [-0.1, -0.05) is 12.1 Å². The van der Waals surface area contributed by atoms with Crippen molar-refractivity contribution in [2.75, 3.05) is 11.1 Å². The van der Waals surface area contributed by atoms with Gasteiger partial charge in [-0.15, -0.1) is 11.8 Å². The number of nitro benzene ring substituents is 1. The number of thioether (sulfide) groups is 1. The summed E-state index contributed by atoms with van der Waals surface area (Å²) in [6.45, 7) is 3.41. The van der Waals surface area contributed by atoms with E-state index >= 15 is 0 Å². The highest BCUT2D eigenvalue weighted by atomic mass is 32.2. The number of nitro groups is 1. The average Bonchev–Trinajstić information content (AvgIpc) is 2.60. The molecule has 0 heterocycles. The maximum absolute atomic E-state index is 12.1. The Hall–Kier alpha value is -2.87. The van der Waals surface area contributed by atoms with E-state index < -0.39 is 22.9 Å². The Bertz CT molecular complexity index is 807. The molecular weight excluding hydrogens is 356 g/mol. The monoisotopic (exact) mass is 374 g/mol. The van der Waals surface area contributed by atoms with Crippen molar-refractivity contribution >= 4 is 35.0 Å². The summed E-state index contributed by atoms with van der Waals surface area (Å²) in [7, 11) is 0. The molecule has 0 saturated carbocycles. The molecule has 0 spiro atoms.